The van der Waals surface area contributed by atoms with Crippen LogP contribution in [0.3, 0.4) is 0 Å². The predicted octanol–water partition coefficient (Wildman–Crippen LogP) is 3.27. The van der Waals surface area contributed by atoms with Crippen molar-refractivity contribution < 1.29 is 9.47 Å². The molecule has 2 atom stereocenters. The van der Waals surface area contributed by atoms with Gasteiger partial charge in [-0.25, -0.2) is 14.5 Å². The Balaban J connectivity index is 1.87. The minimum atomic E-state index is 0.271. The fourth-order valence-electron chi connectivity index (χ4n) is 3.71. The number of aromatic nitrogens is 5. The van der Waals surface area contributed by atoms with Crippen LogP contribution in [0, 0.1) is 18.8 Å². The summed E-state index contributed by atoms with van der Waals surface area (Å²) in [6.45, 7) is 6.60. The molecule has 3 aromatic rings. The molecule has 3 aromatic heterocycles. The number of ether oxygens (including phenoxy) is 2. The Hall–Kier alpha value is -2.70. The molecule has 1 saturated carbocycles. The highest BCUT2D eigenvalue weighted by atomic mass is 16.5. The first kappa shape index (κ1) is 16.8. The molecule has 4 rings (SSSR count). The van der Waals surface area contributed by atoms with Gasteiger partial charge < -0.3 is 9.47 Å². The van der Waals surface area contributed by atoms with E-state index >= 15 is 0 Å². The molecule has 7 nitrogen and oxygen atoms in total. The van der Waals surface area contributed by atoms with E-state index in [0.717, 1.165) is 22.5 Å². The molecule has 1 aliphatic carbocycles. The first-order valence-electron chi connectivity index (χ1n) is 8.83. The Labute approximate surface area is 152 Å². The second-order valence-corrected chi connectivity index (χ2v) is 7.14. The number of aryl methyl sites for hydroxylation is 1. The molecule has 0 unspecified atom stereocenters. The van der Waals surface area contributed by atoms with E-state index in [9.17, 15) is 0 Å². The molecule has 1 aliphatic rings. The third-order valence-corrected chi connectivity index (χ3v) is 5.19. The SMILES string of the molecule is COc1ncc(-c2cc([C@H]3C[C@@H]3C(C)C)c3c(C)ncn3n2)c(OC)n1. The number of fused-ring (bicyclic) bond motifs is 1. The minimum Gasteiger partial charge on any atom is -0.480 e. The lowest BCUT2D eigenvalue weighted by molar-refractivity contribution is 0.353. The zero-order valence-electron chi connectivity index (χ0n) is 15.7. The summed E-state index contributed by atoms with van der Waals surface area (Å²) in [6.07, 6.45) is 4.66. The van der Waals surface area contributed by atoms with Crippen molar-refractivity contribution in [1.82, 2.24) is 24.6 Å². The highest BCUT2D eigenvalue weighted by Gasteiger charge is 2.42. The van der Waals surface area contributed by atoms with Gasteiger partial charge in [-0.05, 0) is 42.7 Å². The maximum absolute atomic E-state index is 5.44. The van der Waals surface area contributed by atoms with Crippen LogP contribution in [0.15, 0.2) is 18.6 Å². The first-order valence-corrected chi connectivity index (χ1v) is 8.83. The fourth-order valence-corrected chi connectivity index (χ4v) is 3.71. The average molecular weight is 353 g/mol. The van der Waals surface area contributed by atoms with E-state index in [0.29, 0.717) is 23.6 Å². The minimum absolute atomic E-state index is 0.271. The Bertz CT molecular complexity index is 966. The third-order valence-electron chi connectivity index (χ3n) is 5.19. The summed E-state index contributed by atoms with van der Waals surface area (Å²) in [5.74, 6) is 2.36. The van der Waals surface area contributed by atoms with Gasteiger partial charge in [-0.15, -0.1) is 0 Å². The van der Waals surface area contributed by atoms with Crippen LogP contribution < -0.4 is 9.47 Å². The lowest BCUT2D eigenvalue weighted by atomic mass is 10.0. The van der Waals surface area contributed by atoms with Crippen LogP contribution in [0.1, 0.15) is 37.4 Å². The molecule has 0 radical (unpaired) electrons. The van der Waals surface area contributed by atoms with E-state index in [2.05, 4.69) is 34.9 Å². The van der Waals surface area contributed by atoms with Gasteiger partial charge in [0, 0.05) is 6.20 Å². The van der Waals surface area contributed by atoms with Crippen LogP contribution in [0.4, 0.5) is 0 Å². The molecular weight excluding hydrogens is 330 g/mol. The predicted molar refractivity (Wildman–Crippen MR) is 97.5 cm³/mol. The van der Waals surface area contributed by atoms with Gasteiger partial charge >= 0.3 is 6.01 Å². The summed E-state index contributed by atoms with van der Waals surface area (Å²) in [5.41, 5.74) is 4.92. The van der Waals surface area contributed by atoms with E-state index in [-0.39, 0.29) is 6.01 Å². The van der Waals surface area contributed by atoms with Crippen molar-refractivity contribution in [2.45, 2.75) is 33.1 Å². The number of hydrogen-bond donors (Lipinski definition) is 0. The van der Waals surface area contributed by atoms with Gasteiger partial charge in [-0.3, -0.25) is 0 Å². The molecule has 0 N–H and O–H groups in total. The molecule has 0 aliphatic heterocycles. The van der Waals surface area contributed by atoms with Crippen molar-refractivity contribution >= 4 is 5.52 Å². The van der Waals surface area contributed by atoms with Gasteiger partial charge in [-0.2, -0.15) is 10.1 Å². The average Bonchev–Trinajstić information content (AvgIpc) is 3.38. The molecule has 3 heterocycles. The summed E-state index contributed by atoms with van der Waals surface area (Å²) in [4.78, 5) is 13.0. The van der Waals surface area contributed by atoms with Crippen molar-refractivity contribution in [3.8, 4) is 23.1 Å². The number of nitrogens with zero attached hydrogens (tertiary/aromatic N) is 5. The summed E-state index contributed by atoms with van der Waals surface area (Å²) >= 11 is 0. The molecule has 0 amide bonds. The van der Waals surface area contributed by atoms with Gasteiger partial charge in [0.15, 0.2) is 0 Å². The maximum atomic E-state index is 5.44. The van der Waals surface area contributed by atoms with Crippen LogP contribution in [-0.4, -0.2) is 38.8 Å². The third kappa shape index (κ3) is 2.67. The number of imidazole rings is 1. The Morgan fingerprint density at radius 3 is 2.65 bits per heavy atom. The smallest absolute Gasteiger partial charge is 0.319 e. The topological polar surface area (TPSA) is 74.4 Å². The number of hydrogen-bond acceptors (Lipinski definition) is 6. The largest absolute Gasteiger partial charge is 0.480 e. The highest BCUT2D eigenvalue weighted by molar-refractivity contribution is 5.70. The van der Waals surface area contributed by atoms with Gasteiger partial charge in [0.05, 0.1) is 36.7 Å². The lowest BCUT2D eigenvalue weighted by Crippen LogP contribution is -2.03. The van der Waals surface area contributed by atoms with Crippen LogP contribution >= 0.6 is 0 Å². The lowest BCUT2D eigenvalue weighted by Gasteiger charge is -2.12. The molecule has 0 bridgehead atoms. The van der Waals surface area contributed by atoms with Gasteiger partial charge in [0.1, 0.15) is 6.33 Å². The normalized spacial score (nSPS) is 19.2. The monoisotopic (exact) mass is 353 g/mol. The second-order valence-electron chi connectivity index (χ2n) is 7.14. The molecule has 0 spiro atoms. The zero-order chi connectivity index (χ0) is 18.4. The van der Waals surface area contributed by atoms with Crippen LogP contribution in [0.25, 0.3) is 16.8 Å². The van der Waals surface area contributed by atoms with Crippen molar-refractivity contribution in [3.63, 3.8) is 0 Å². The molecule has 136 valence electrons. The van der Waals surface area contributed by atoms with E-state index in [4.69, 9.17) is 14.6 Å². The van der Waals surface area contributed by atoms with Crippen LogP contribution in [0.5, 0.6) is 11.9 Å². The molecule has 0 aromatic carbocycles. The van der Waals surface area contributed by atoms with Crippen molar-refractivity contribution in [1.29, 1.82) is 0 Å². The van der Waals surface area contributed by atoms with E-state index in [1.54, 1.807) is 19.6 Å². The number of rotatable bonds is 5. The zero-order valence-corrected chi connectivity index (χ0v) is 15.7. The molecule has 1 fully saturated rings. The number of methoxy groups -OCH3 is 2. The molecule has 7 heteroatoms. The Kier molecular flexibility index (Phi) is 4.01. The van der Waals surface area contributed by atoms with E-state index in [1.807, 2.05) is 11.4 Å². The molecule has 26 heavy (non-hydrogen) atoms. The molecular formula is C19H23N5O2. The van der Waals surface area contributed by atoms with Crippen LogP contribution in [-0.2, 0) is 0 Å². The first-order chi connectivity index (χ1) is 12.5. The molecule has 0 saturated heterocycles. The Morgan fingerprint density at radius 1 is 1.19 bits per heavy atom. The summed E-state index contributed by atoms with van der Waals surface area (Å²) in [5, 5.41) is 4.72. The van der Waals surface area contributed by atoms with Crippen molar-refractivity contribution in [3.05, 3.63) is 29.8 Å². The van der Waals surface area contributed by atoms with Gasteiger partial charge in [0.2, 0.25) is 5.88 Å². The van der Waals surface area contributed by atoms with E-state index in [1.165, 1.54) is 19.1 Å². The standard InChI is InChI=1S/C19H23N5O2/c1-10(2)12-6-13(12)14-7-16(23-24-9-21-11(3)17(14)24)15-8-20-19(26-5)22-18(15)25-4/h7-10,12-13H,6H2,1-5H3/t12-,13+/m1/s1. The van der Waals surface area contributed by atoms with Crippen molar-refractivity contribution in [2.24, 2.45) is 11.8 Å². The quantitative estimate of drug-likeness (QED) is 0.701. The Morgan fingerprint density at radius 2 is 2.00 bits per heavy atom. The van der Waals surface area contributed by atoms with Gasteiger partial charge in [0.25, 0.3) is 0 Å². The van der Waals surface area contributed by atoms with Gasteiger partial charge in [-0.1, -0.05) is 13.8 Å². The summed E-state index contributed by atoms with van der Waals surface area (Å²) in [6, 6.07) is 2.41. The summed E-state index contributed by atoms with van der Waals surface area (Å²) in [7, 11) is 3.12. The second kappa shape index (κ2) is 6.23. The fraction of sp³-hybridized carbons (Fsp3) is 0.474. The summed E-state index contributed by atoms with van der Waals surface area (Å²) < 4.78 is 12.4. The maximum Gasteiger partial charge on any atom is 0.319 e. The van der Waals surface area contributed by atoms with Crippen LogP contribution in [0.2, 0.25) is 0 Å². The van der Waals surface area contributed by atoms with Crippen molar-refractivity contribution in [2.75, 3.05) is 14.2 Å². The highest BCUT2D eigenvalue weighted by Crippen LogP contribution is 2.53. The van der Waals surface area contributed by atoms with E-state index < -0.39 is 0 Å².